The highest BCUT2D eigenvalue weighted by molar-refractivity contribution is 5.86. The standard InChI is InChI=1S/C21H21N5O3/c27-21-16(13-22-17-9-11-18(12-10-17)26(28)29)7-4-8-20(21)25-14-19(23-24-25)15-5-2-1-3-6-15/h1-3,5-6,9-12,14,16,20,22H,4,7-8,13H2/t16-,20?/m0/s1. The first-order chi connectivity index (χ1) is 14.1. The molecule has 0 saturated heterocycles. The van der Waals surface area contributed by atoms with Crippen molar-refractivity contribution in [1.29, 1.82) is 0 Å². The number of nitro benzene ring substituents is 1. The van der Waals surface area contributed by atoms with Crippen LogP contribution in [0.3, 0.4) is 0 Å². The first-order valence-corrected chi connectivity index (χ1v) is 9.61. The second-order valence-corrected chi connectivity index (χ2v) is 7.18. The van der Waals surface area contributed by atoms with Crippen LogP contribution < -0.4 is 5.32 Å². The molecule has 29 heavy (non-hydrogen) atoms. The topological polar surface area (TPSA) is 103 Å². The molecule has 8 nitrogen and oxygen atoms in total. The summed E-state index contributed by atoms with van der Waals surface area (Å²) >= 11 is 0. The number of aromatic nitrogens is 3. The van der Waals surface area contributed by atoms with Crippen molar-refractivity contribution in [2.24, 2.45) is 5.92 Å². The zero-order chi connectivity index (χ0) is 20.2. The second kappa shape index (κ2) is 8.22. The van der Waals surface area contributed by atoms with Crippen LogP contribution in [0.1, 0.15) is 25.3 Å². The number of benzene rings is 2. The maximum absolute atomic E-state index is 13.0. The van der Waals surface area contributed by atoms with Gasteiger partial charge in [-0.25, -0.2) is 4.68 Å². The number of Topliss-reactive ketones (excluding diaryl/α,β-unsaturated/α-hetero) is 1. The third-order valence-electron chi connectivity index (χ3n) is 5.29. The van der Waals surface area contributed by atoms with Crippen molar-refractivity contribution in [3.05, 3.63) is 70.9 Å². The Kier molecular flexibility index (Phi) is 5.33. The van der Waals surface area contributed by atoms with Crippen LogP contribution in [0.25, 0.3) is 11.3 Å². The molecule has 0 radical (unpaired) electrons. The number of ketones is 1. The van der Waals surface area contributed by atoms with Crippen molar-refractivity contribution in [2.75, 3.05) is 11.9 Å². The lowest BCUT2D eigenvalue weighted by atomic mass is 9.84. The van der Waals surface area contributed by atoms with E-state index in [0.29, 0.717) is 6.54 Å². The Bertz CT molecular complexity index is 1000. The summed E-state index contributed by atoms with van der Waals surface area (Å²) in [5, 5.41) is 22.4. The Hall–Kier alpha value is -3.55. The van der Waals surface area contributed by atoms with Gasteiger partial charge in [0, 0.05) is 35.8 Å². The largest absolute Gasteiger partial charge is 0.384 e. The van der Waals surface area contributed by atoms with Gasteiger partial charge >= 0.3 is 0 Å². The number of rotatable bonds is 6. The SMILES string of the molecule is O=C1C(n2cc(-c3ccccc3)nn2)CCC[C@H]1CNc1ccc([N+](=O)[O-])cc1. The Labute approximate surface area is 167 Å². The molecule has 0 aliphatic heterocycles. The molecule has 8 heteroatoms. The highest BCUT2D eigenvalue weighted by Gasteiger charge is 2.33. The number of nitrogens with zero attached hydrogens (tertiary/aromatic N) is 4. The number of nitro groups is 1. The summed E-state index contributed by atoms with van der Waals surface area (Å²) < 4.78 is 1.68. The Morgan fingerprint density at radius 2 is 1.86 bits per heavy atom. The molecular weight excluding hydrogens is 370 g/mol. The average Bonchev–Trinajstić information content (AvgIpc) is 3.24. The normalized spacial score (nSPS) is 19.1. The van der Waals surface area contributed by atoms with E-state index in [-0.39, 0.29) is 23.4 Å². The van der Waals surface area contributed by atoms with Crippen LogP contribution in [0.5, 0.6) is 0 Å². The minimum Gasteiger partial charge on any atom is -0.384 e. The lowest BCUT2D eigenvalue weighted by Crippen LogP contribution is -2.34. The summed E-state index contributed by atoms with van der Waals surface area (Å²) in [6, 6.07) is 15.7. The summed E-state index contributed by atoms with van der Waals surface area (Å²) in [6.45, 7) is 0.493. The van der Waals surface area contributed by atoms with E-state index in [1.54, 1.807) is 16.8 Å². The smallest absolute Gasteiger partial charge is 0.269 e. The van der Waals surface area contributed by atoms with Gasteiger partial charge in [-0.05, 0) is 25.0 Å². The van der Waals surface area contributed by atoms with Gasteiger partial charge < -0.3 is 5.32 Å². The molecule has 1 heterocycles. The van der Waals surface area contributed by atoms with Crippen molar-refractivity contribution in [3.8, 4) is 11.3 Å². The van der Waals surface area contributed by atoms with Crippen LogP contribution >= 0.6 is 0 Å². The van der Waals surface area contributed by atoms with Crippen molar-refractivity contribution in [1.82, 2.24) is 15.0 Å². The van der Waals surface area contributed by atoms with Gasteiger partial charge in [-0.2, -0.15) is 0 Å². The zero-order valence-electron chi connectivity index (χ0n) is 15.8. The molecule has 2 aromatic carbocycles. The molecule has 1 unspecified atom stereocenters. The predicted molar refractivity (Wildman–Crippen MR) is 108 cm³/mol. The first-order valence-electron chi connectivity index (χ1n) is 9.61. The van der Waals surface area contributed by atoms with Crippen LogP contribution in [-0.2, 0) is 4.79 Å². The molecule has 4 rings (SSSR count). The molecule has 2 atom stereocenters. The summed E-state index contributed by atoms with van der Waals surface area (Å²) in [7, 11) is 0. The van der Waals surface area contributed by atoms with E-state index in [4.69, 9.17) is 0 Å². The van der Waals surface area contributed by atoms with E-state index in [0.717, 1.165) is 36.2 Å². The predicted octanol–water partition coefficient (Wildman–Crippen LogP) is 3.88. The molecule has 3 aromatic rings. The van der Waals surface area contributed by atoms with Gasteiger partial charge in [-0.15, -0.1) is 5.10 Å². The third kappa shape index (κ3) is 4.16. The van der Waals surface area contributed by atoms with Gasteiger partial charge in [0.15, 0.2) is 5.78 Å². The van der Waals surface area contributed by atoms with E-state index in [9.17, 15) is 14.9 Å². The number of anilines is 1. The highest BCUT2D eigenvalue weighted by atomic mass is 16.6. The minimum atomic E-state index is -0.430. The monoisotopic (exact) mass is 391 g/mol. The van der Waals surface area contributed by atoms with E-state index in [2.05, 4.69) is 15.6 Å². The molecule has 0 spiro atoms. The summed E-state index contributed by atoms with van der Waals surface area (Å²) in [4.78, 5) is 23.3. The van der Waals surface area contributed by atoms with E-state index >= 15 is 0 Å². The number of carbonyl (C=O) groups is 1. The van der Waals surface area contributed by atoms with E-state index < -0.39 is 4.92 Å². The first kappa shape index (κ1) is 18.8. The second-order valence-electron chi connectivity index (χ2n) is 7.18. The van der Waals surface area contributed by atoms with Gasteiger partial charge in [0.1, 0.15) is 11.7 Å². The quantitative estimate of drug-likeness (QED) is 0.505. The summed E-state index contributed by atoms with van der Waals surface area (Å²) in [5.74, 6) is 0.0171. The van der Waals surface area contributed by atoms with Crippen LogP contribution in [0.15, 0.2) is 60.8 Å². The van der Waals surface area contributed by atoms with Crippen molar-refractivity contribution < 1.29 is 9.72 Å². The molecule has 1 saturated carbocycles. The number of hydrogen-bond donors (Lipinski definition) is 1. The maximum atomic E-state index is 13.0. The van der Waals surface area contributed by atoms with Gasteiger partial charge in [-0.3, -0.25) is 14.9 Å². The van der Waals surface area contributed by atoms with Crippen molar-refractivity contribution in [2.45, 2.75) is 25.3 Å². The molecule has 0 bridgehead atoms. The molecule has 1 aliphatic rings. The number of carbonyl (C=O) groups excluding carboxylic acids is 1. The fraction of sp³-hybridized carbons (Fsp3) is 0.286. The molecular formula is C21H21N5O3. The summed E-state index contributed by atoms with van der Waals surface area (Å²) in [5.41, 5.74) is 2.53. The van der Waals surface area contributed by atoms with E-state index in [1.807, 2.05) is 36.5 Å². The number of non-ortho nitro benzene ring substituents is 1. The Morgan fingerprint density at radius 3 is 2.59 bits per heavy atom. The fourth-order valence-corrected chi connectivity index (χ4v) is 3.69. The van der Waals surface area contributed by atoms with Gasteiger partial charge in [0.2, 0.25) is 0 Å². The Balaban J connectivity index is 1.41. The molecule has 1 fully saturated rings. The number of hydrogen-bond acceptors (Lipinski definition) is 6. The molecule has 0 amide bonds. The molecule has 148 valence electrons. The maximum Gasteiger partial charge on any atom is 0.269 e. The van der Waals surface area contributed by atoms with Crippen LogP contribution in [0.4, 0.5) is 11.4 Å². The zero-order valence-corrected chi connectivity index (χ0v) is 15.8. The van der Waals surface area contributed by atoms with Crippen molar-refractivity contribution in [3.63, 3.8) is 0 Å². The fourth-order valence-electron chi connectivity index (χ4n) is 3.69. The van der Waals surface area contributed by atoms with Gasteiger partial charge in [-0.1, -0.05) is 42.0 Å². The highest BCUT2D eigenvalue weighted by Crippen LogP contribution is 2.30. The molecule has 1 N–H and O–H groups in total. The lowest BCUT2D eigenvalue weighted by Gasteiger charge is -2.28. The minimum absolute atomic E-state index is 0.0461. The lowest BCUT2D eigenvalue weighted by molar-refractivity contribution is -0.384. The molecule has 1 aliphatic carbocycles. The average molecular weight is 391 g/mol. The van der Waals surface area contributed by atoms with Crippen LogP contribution in [0, 0.1) is 16.0 Å². The van der Waals surface area contributed by atoms with Crippen LogP contribution in [0.2, 0.25) is 0 Å². The van der Waals surface area contributed by atoms with Gasteiger partial charge in [0.25, 0.3) is 5.69 Å². The van der Waals surface area contributed by atoms with Gasteiger partial charge in [0.05, 0.1) is 11.1 Å². The van der Waals surface area contributed by atoms with Crippen LogP contribution in [-0.4, -0.2) is 32.2 Å². The van der Waals surface area contributed by atoms with Crippen molar-refractivity contribution >= 4 is 17.2 Å². The molecule has 1 aromatic heterocycles. The Morgan fingerprint density at radius 1 is 1.10 bits per heavy atom. The number of nitrogens with one attached hydrogen (secondary N) is 1. The third-order valence-corrected chi connectivity index (χ3v) is 5.29. The summed E-state index contributed by atoms with van der Waals surface area (Å²) in [6.07, 6.45) is 4.34. The van der Waals surface area contributed by atoms with E-state index in [1.165, 1.54) is 12.1 Å².